The molecule has 0 amide bonds. The molecule has 0 aliphatic heterocycles. The number of hydrogen-bond acceptors (Lipinski definition) is 2. The Bertz CT molecular complexity index is 560. The highest BCUT2D eigenvalue weighted by Crippen LogP contribution is 2.34. The first kappa shape index (κ1) is 13.6. The predicted octanol–water partition coefficient (Wildman–Crippen LogP) is 4.66. The summed E-state index contributed by atoms with van der Waals surface area (Å²) in [5.74, 6) is 0. The molecule has 0 bridgehead atoms. The topological polar surface area (TPSA) is 20.2 Å². The molecule has 1 N–H and O–H groups in total. The van der Waals surface area contributed by atoms with Crippen molar-refractivity contribution in [3.63, 3.8) is 0 Å². The van der Waals surface area contributed by atoms with Crippen LogP contribution >= 0.6 is 22.9 Å². The Morgan fingerprint density at radius 2 is 1.94 bits per heavy atom. The summed E-state index contributed by atoms with van der Waals surface area (Å²) in [7, 11) is 0. The lowest BCUT2D eigenvalue weighted by Gasteiger charge is -2.15. The van der Waals surface area contributed by atoms with Crippen LogP contribution in [-0.2, 0) is 6.42 Å². The highest BCUT2D eigenvalue weighted by Gasteiger charge is 2.18. The van der Waals surface area contributed by atoms with Crippen molar-refractivity contribution in [2.75, 3.05) is 0 Å². The van der Waals surface area contributed by atoms with Gasteiger partial charge < -0.3 is 5.11 Å². The van der Waals surface area contributed by atoms with Crippen LogP contribution in [0.3, 0.4) is 0 Å². The van der Waals surface area contributed by atoms with Gasteiger partial charge in [-0.15, -0.1) is 11.3 Å². The lowest BCUT2D eigenvalue weighted by molar-refractivity contribution is 0.223. The number of halogens is 1. The maximum Gasteiger partial charge on any atom is 0.115 e. The van der Waals surface area contributed by atoms with Crippen molar-refractivity contribution >= 4 is 22.9 Å². The monoisotopic (exact) mass is 280 g/mol. The molecule has 1 aromatic carbocycles. The highest BCUT2D eigenvalue weighted by atomic mass is 35.5. The summed E-state index contributed by atoms with van der Waals surface area (Å²) in [6.45, 7) is 6.16. The van der Waals surface area contributed by atoms with Crippen molar-refractivity contribution in [3.05, 3.63) is 55.7 Å². The summed E-state index contributed by atoms with van der Waals surface area (Å²) in [5, 5.41) is 13.2. The Kier molecular flexibility index (Phi) is 4.10. The first-order chi connectivity index (χ1) is 8.54. The molecular weight excluding hydrogens is 264 g/mol. The van der Waals surface area contributed by atoms with E-state index in [1.807, 2.05) is 31.4 Å². The zero-order chi connectivity index (χ0) is 13.3. The Balaban J connectivity index is 2.46. The van der Waals surface area contributed by atoms with Crippen LogP contribution in [0.2, 0.25) is 5.02 Å². The Labute approximate surface area is 117 Å². The third kappa shape index (κ3) is 2.46. The van der Waals surface area contributed by atoms with E-state index >= 15 is 0 Å². The smallest absolute Gasteiger partial charge is 0.115 e. The normalized spacial score (nSPS) is 12.7. The molecule has 1 atom stereocenters. The molecule has 0 saturated carbocycles. The van der Waals surface area contributed by atoms with Crippen LogP contribution in [0.5, 0.6) is 0 Å². The highest BCUT2D eigenvalue weighted by molar-refractivity contribution is 7.10. The quantitative estimate of drug-likeness (QED) is 0.867. The molecule has 3 heteroatoms. The molecule has 1 unspecified atom stereocenters. The molecule has 2 rings (SSSR count). The fourth-order valence-electron chi connectivity index (χ4n) is 2.03. The maximum atomic E-state index is 10.5. The lowest BCUT2D eigenvalue weighted by atomic mass is 9.99. The van der Waals surface area contributed by atoms with Crippen LogP contribution in [0.25, 0.3) is 0 Å². The van der Waals surface area contributed by atoms with E-state index in [9.17, 15) is 5.11 Å². The van der Waals surface area contributed by atoms with E-state index in [-0.39, 0.29) is 0 Å². The van der Waals surface area contributed by atoms with Crippen LogP contribution in [0.15, 0.2) is 23.6 Å². The van der Waals surface area contributed by atoms with Gasteiger partial charge in [-0.3, -0.25) is 0 Å². The maximum absolute atomic E-state index is 10.5. The summed E-state index contributed by atoms with van der Waals surface area (Å²) >= 11 is 7.84. The summed E-state index contributed by atoms with van der Waals surface area (Å²) in [6.07, 6.45) is 0.310. The number of hydrogen-bond donors (Lipinski definition) is 1. The molecule has 0 aliphatic rings. The largest absolute Gasteiger partial charge is 0.383 e. The fraction of sp³-hybridized carbons (Fsp3) is 0.333. The van der Waals surface area contributed by atoms with Crippen LogP contribution in [0, 0.1) is 13.8 Å². The van der Waals surface area contributed by atoms with E-state index in [1.54, 1.807) is 11.3 Å². The molecule has 2 aromatic rings. The molecule has 96 valence electrons. The molecule has 0 saturated heterocycles. The molecule has 18 heavy (non-hydrogen) atoms. The van der Waals surface area contributed by atoms with Gasteiger partial charge in [-0.2, -0.15) is 0 Å². The zero-order valence-corrected chi connectivity index (χ0v) is 12.4. The third-order valence-electron chi connectivity index (χ3n) is 3.32. The molecule has 1 heterocycles. The lowest BCUT2D eigenvalue weighted by Crippen LogP contribution is -2.02. The SMILES string of the molecule is CCc1ccsc1C(O)c1cc(C)c(C)cc1Cl. The minimum atomic E-state index is -0.619. The van der Waals surface area contributed by atoms with Crippen LogP contribution in [0.4, 0.5) is 0 Å². The Morgan fingerprint density at radius 1 is 1.28 bits per heavy atom. The van der Waals surface area contributed by atoms with Crippen LogP contribution in [-0.4, -0.2) is 5.11 Å². The van der Waals surface area contributed by atoms with Crippen molar-refractivity contribution in [1.29, 1.82) is 0 Å². The van der Waals surface area contributed by atoms with Crippen molar-refractivity contribution in [1.82, 2.24) is 0 Å². The van der Waals surface area contributed by atoms with Gasteiger partial charge in [0.15, 0.2) is 0 Å². The molecule has 0 fully saturated rings. The number of aliphatic hydroxyl groups is 1. The first-order valence-corrected chi connectivity index (χ1v) is 7.31. The predicted molar refractivity (Wildman–Crippen MR) is 78.7 cm³/mol. The van der Waals surface area contributed by atoms with Crippen molar-refractivity contribution in [3.8, 4) is 0 Å². The average molecular weight is 281 g/mol. The fourth-order valence-corrected chi connectivity index (χ4v) is 3.35. The van der Waals surface area contributed by atoms with Crippen molar-refractivity contribution < 1.29 is 5.11 Å². The van der Waals surface area contributed by atoms with E-state index in [0.717, 1.165) is 28.0 Å². The van der Waals surface area contributed by atoms with E-state index < -0.39 is 6.10 Å². The van der Waals surface area contributed by atoms with Crippen molar-refractivity contribution in [2.45, 2.75) is 33.3 Å². The van der Waals surface area contributed by atoms with Gasteiger partial charge in [0, 0.05) is 15.5 Å². The second kappa shape index (κ2) is 5.43. The van der Waals surface area contributed by atoms with Gasteiger partial charge in [-0.25, -0.2) is 0 Å². The Hall–Kier alpha value is -0.830. The van der Waals surface area contributed by atoms with E-state index in [2.05, 4.69) is 13.0 Å². The second-order valence-corrected chi connectivity index (χ2v) is 5.88. The molecule has 1 nitrogen and oxygen atoms in total. The summed E-state index contributed by atoms with van der Waals surface area (Å²) < 4.78 is 0. The Morgan fingerprint density at radius 3 is 2.61 bits per heavy atom. The molecule has 0 spiro atoms. The molecular formula is C15H17ClOS. The standard InChI is InChI=1S/C15H17ClOS/c1-4-11-5-6-18-15(11)14(17)12-7-9(2)10(3)8-13(12)16/h5-8,14,17H,4H2,1-3H3. The summed E-state index contributed by atoms with van der Waals surface area (Å²) in [6, 6.07) is 5.98. The van der Waals surface area contributed by atoms with Crippen LogP contribution < -0.4 is 0 Å². The first-order valence-electron chi connectivity index (χ1n) is 6.05. The van der Waals surface area contributed by atoms with Gasteiger partial charge >= 0.3 is 0 Å². The van der Waals surface area contributed by atoms with Gasteiger partial charge in [0.2, 0.25) is 0 Å². The number of rotatable bonds is 3. The number of benzene rings is 1. The number of thiophene rings is 1. The third-order valence-corrected chi connectivity index (χ3v) is 4.66. The minimum absolute atomic E-state index is 0.619. The number of aliphatic hydroxyl groups excluding tert-OH is 1. The van der Waals surface area contributed by atoms with Gasteiger partial charge in [-0.1, -0.05) is 24.6 Å². The van der Waals surface area contributed by atoms with E-state index in [4.69, 9.17) is 11.6 Å². The van der Waals surface area contributed by atoms with Gasteiger partial charge in [0.1, 0.15) is 6.10 Å². The van der Waals surface area contributed by atoms with E-state index in [0.29, 0.717) is 5.02 Å². The molecule has 0 aliphatic carbocycles. The molecule has 0 radical (unpaired) electrons. The average Bonchev–Trinajstić information content (AvgIpc) is 2.81. The summed E-state index contributed by atoms with van der Waals surface area (Å²) in [4.78, 5) is 1.00. The van der Waals surface area contributed by atoms with Gasteiger partial charge in [0.05, 0.1) is 0 Å². The van der Waals surface area contributed by atoms with Gasteiger partial charge in [-0.05, 0) is 54.5 Å². The zero-order valence-electron chi connectivity index (χ0n) is 10.8. The second-order valence-electron chi connectivity index (χ2n) is 4.52. The summed E-state index contributed by atoms with van der Waals surface area (Å²) in [5.41, 5.74) is 4.31. The van der Waals surface area contributed by atoms with Crippen molar-refractivity contribution in [2.24, 2.45) is 0 Å². The number of aryl methyl sites for hydroxylation is 3. The molecule has 1 aromatic heterocycles. The minimum Gasteiger partial charge on any atom is -0.383 e. The van der Waals surface area contributed by atoms with Gasteiger partial charge in [0.25, 0.3) is 0 Å². The van der Waals surface area contributed by atoms with Crippen LogP contribution in [0.1, 0.15) is 40.2 Å². The van der Waals surface area contributed by atoms with E-state index in [1.165, 1.54) is 5.56 Å².